The third kappa shape index (κ3) is 8.21. The zero-order valence-corrected chi connectivity index (χ0v) is 25.5. The van der Waals surface area contributed by atoms with Gasteiger partial charge < -0.3 is 24.7 Å². The van der Waals surface area contributed by atoms with Gasteiger partial charge in [0.25, 0.3) is 10.1 Å². The van der Waals surface area contributed by atoms with Crippen LogP contribution in [0.15, 0.2) is 42.7 Å². The molecule has 0 radical (unpaired) electrons. The predicted octanol–water partition coefficient (Wildman–Crippen LogP) is 4.09. The number of aliphatic hydroxyl groups excluding tert-OH is 1. The fraction of sp³-hybridized carbons (Fsp3) is 0.452. The summed E-state index contributed by atoms with van der Waals surface area (Å²) in [6, 6.07) is 7.62. The van der Waals surface area contributed by atoms with Gasteiger partial charge >= 0.3 is 5.97 Å². The van der Waals surface area contributed by atoms with Crippen LogP contribution in [-0.2, 0) is 19.7 Å². The predicted molar refractivity (Wildman–Crippen MR) is 164 cm³/mol. The van der Waals surface area contributed by atoms with E-state index in [2.05, 4.69) is 42.8 Å². The molecule has 232 valence electrons. The lowest BCUT2D eigenvalue weighted by Crippen LogP contribution is -2.46. The summed E-state index contributed by atoms with van der Waals surface area (Å²) in [5, 5.41) is 19.8. The van der Waals surface area contributed by atoms with E-state index in [9.17, 15) is 23.1 Å². The maximum atomic E-state index is 13.1. The molecule has 12 heteroatoms. The van der Waals surface area contributed by atoms with Crippen molar-refractivity contribution in [1.29, 1.82) is 0 Å². The molecule has 1 aromatic carbocycles. The van der Waals surface area contributed by atoms with Crippen LogP contribution in [0.2, 0.25) is 0 Å². The van der Waals surface area contributed by atoms with Crippen LogP contribution < -0.4 is 9.64 Å². The highest BCUT2D eigenvalue weighted by atomic mass is 32.2. The standard InChI is InChI=1S/C31H39N3O8S/c1-21-20-31(2,3)34(15-4-7-28(35)33(13-5-8-29(36)37)14-6-16-43(39,40)41)26-19-27-23(17-24(21)26)18-25(30(38)42-27)22-9-11-32-12-10-22/h9-12,17-20,30,38H,4-8,13-16H2,1-3H3,(H,36,37)(H,39,40,41). The Morgan fingerprint density at radius 3 is 2.47 bits per heavy atom. The van der Waals surface area contributed by atoms with Gasteiger partial charge in [0.1, 0.15) is 5.75 Å². The average molecular weight is 614 g/mol. The third-order valence-corrected chi connectivity index (χ3v) is 8.52. The van der Waals surface area contributed by atoms with Crippen LogP contribution in [0.3, 0.4) is 0 Å². The Labute approximate surface area is 252 Å². The van der Waals surface area contributed by atoms with Gasteiger partial charge in [-0.1, -0.05) is 6.08 Å². The Kier molecular flexibility index (Phi) is 9.93. The van der Waals surface area contributed by atoms with Gasteiger partial charge in [-0.2, -0.15) is 8.42 Å². The van der Waals surface area contributed by atoms with E-state index in [1.165, 1.54) is 4.90 Å². The number of aromatic nitrogens is 1. The number of fused-ring (bicyclic) bond motifs is 2. The largest absolute Gasteiger partial charge is 0.481 e. The van der Waals surface area contributed by atoms with Gasteiger partial charge in [-0.05, 0) is 75.4 Å². The second-order valence-electron chi connectivity index (χ2n) is 11.5. The quantitative estimate of drug-likeness (QED) is 0.281. The molecule has 0 fully saturated rings. The van der Waals surface area contributed by atoms with Crippen LogP contribution in [0, 0.1) is 0 Å². The van der Waals surface area contributed by atoms with Crippen LogP contribution in [0.1, 0.15) is 69.6 Å². The summed E-state index contributed by atoms with van der Waals surface area (Å²) in [6.07, 6.45) is 7.18. The van der Waals surface area contributed by atoms with E-state index < -0.39 is 28.1 Å². The lowest BCUT2D eigenvalue weighted by Gasteiger charge is -2.44. The van der Waals surface area contributed by atoms with Gasteiger partial charge in [-0.3, -0.25) is 19.1 Å². The van der Waals surface area contributed by atoms with Crippen molar-refractivity contribution in [3.8, 4) is 5.75 Å². The number of amides is 1. The number of anilines is 1. The van der Waals surface area contributed by atoms with Crippen molar-refractivity contribution in [2.75, 3.05) is 30.3 Å². The van der Waals surface area contributed by atoms with Gasteiger partial charge in [0, 0.05) is 73.3 Å². The first-order valence-electron chi connectivity index (χ1n) is 14.3. The molecule has 4 rings (SSSR count). The Morgan fingerprint density at radius 2 is 1.79 bits per heavy atom. The number of benzene rings is 1. The third-order valence-electron chi connectivity index (χ3n) is 7.71. The number of carboxylic acid groups (broad SMARTS) is 1. The summed E-state index contributed by atoms with van der Waals surface area (Å²) >= 11 is 0. The number of aliphatic hydroxyl groups is 1. The first-order chi connectivity index (χ1) is 20.2. The van der Waals surface area contributed by atoms with Gasteiger partial charge in [-0.25, -0.2) is 0 Å². The number of aliphatic carboxylic acids is 1. The molecule has 43 heavy (non-hydrogen) atoms. The summed E-state index contributed by atoms with van der Waals surface area (Å²) in [4.78, 5) is 31.8. The van der Waals surface area contributed by atoms with Crippen molar-refractivity contribution >= 4 is 44.9 Å². The Hall–Kier alpha value is -3.74. The van der Waals surface area contributed by atoms with E-state index in [1.807, 2.05) is 24.3 Å². The first kappa shape index (κ1) is 32.2. The number of nitrogens with zero attached hydrogens (tertiary/aromatic N) is 3. The number of hydrogen-bond donors (Lipinski definition) is 3. The molecule has 2 aliphatic heterocycles. The Bertz CT molecular complexity index is 1520. The summed E-state index contributed by atoms with van der Waals surface area (Å²) in [7, 11) is -4.16. The number of carbonyl (C=O) groups is 2. The smallest absolute Gasteiger partial charge is 0.303 e. The molecule has 0 saturated carbocycles. The van der Waals surface area contributed by atoms with E-state index in [4.69, 9.17) is 14.4 Å². The van der Waals surface area contributed by atoms with E-state index in [0.29, 0.717) is 24.3 Å². The maximum absolute atomic E-state index is 13.1. The van der Waals surface area contributed by atoms with Gasteiger partial charge in [0.15, 0.2) is 0 Å². The summed E-state index contributed by atoms with van der Waals surface area (Å²) < 4.78 is 37.3. The van der Waals surface area contributed by atoms with Crippen LogP contribution in [0.4, 0.5) is 5.69 Å². The molecule has 2 aromatic rings. The first-order valence-corrected chi connectivity index (χ1v) is 15.9. The molecule has 3 heterocycles. The van der Waals surface area contributed by atoms with E-state index in [1.54, 1.807) is 12.4 Å². The monoisotopic (exact) mass is 613 g/mol. The molecule has 1 unspecified atom stereocenters. The number of carbonyl (C=O) groups excluding carboxylic acids is 1. The van der Waals surface area contributed by atoms with E-state index >= 15 is 0 Å². The molecule has 1 aromatic heterocycles. The molecule has 1 amide bonds. The topological polar surface area (TPSA) is 158 Å². The number of pyridine rings is 1. The zero-order chi connectivity index (χ0) is 31.4. The minimum Gasteiger partial charge on any atom is -0.481 e. The van der Waals surface area contributed by atoms with Crippen molar-refractivity contribution in [2.45, 2.75) is 64.7 Å². The molecular formula is C31H39N3O8S. The highest BCUT2D eigenvalue weighted by molar-refractivity contribution is 7.85. The van der Waals surface area contributed by atoms with Gasteiger partial charge in [0.2, 0.25) is 12.2 Å². The number of carboxylic acids is 1. The minimum atomic E-state index is -4.16. The molecule has 11 nitrogen and oxygen atoms in total. The average Bonchev–Trinajstić information content (AvgIpc) is 2.92. The van der Waals surface area contributed by atoms with Crippen molar-refractivity contribution in [1.82, 2.24) is 9.88 Å². The number of rotatable bonds is 13. The maximum Gasteiger partial charge on any atom is 0.303 e. The normalized spacial score (nSPS) is 17.2. The molecule has 0 spiro atoms. The lowest BCUT2D eigenvalue weighted by molar-refractivity contribution is -0.138. The molecule has 1 atom stereocenters. The molecule has 0 saturated heterocycles. The summed E-state index contributed by atoms with van der Waals surface area (Å²) in [5.41, 5.74) is 4.99. The summed E-state index contributed by atoms with van der Waals surface area (Å²) in [6.45, 7) is 7.07. The van der Waals surface area contributed by atoms with Crippen LogP contribution in [-0.4, -0.2) is 82.2 Å². The molecule has 3 N–H and O–H groups in total. The fourth-order valence-corrected chi connectivity index (χ4v) is 6.20. The highest BCUT2D eigenvalue weighted by Crippen LogP contribution is 2.45. The Balaban J connectivity index is 1.51. The van der Waals surface area contributed by atoms with Gasteiger partial charge in [-0.15, -0.1) is 0 Å². The van der Waals surface area contributed by atoms with Crippen molar-refractivity contribution < 1.29 is 37.5 Å². The van der Waals surface area contributed by atoms with Crippen molar-refractivity contribution in [3.05, 3.63) is 59.4 Å². The summed E-state index contributed by atoms with van der Waals surface area (Å²) in [5.74, 6) is -1.09. The number of hydrogen-bond acceptors (Lipinski definition) is 8. The van der Waals surface area contributed by atoms with Crippen LogP contribution in [0.5, 0.6) is 5.75 Å². The number of allylic oxidation sites excluding steroid dienone is 1. The fourth-order valence-electron chi connectivity index (χ4n) is 5.70. The van der Waals surface area contributed by atoms with Crippen LogP contribution in [0.25, 0.3) is 17.2 Å². The van der Waals surface area contributed by atoms with Crippen molar-refractivity contribution in [2.24, 2.45) is 0 Å². The van der Waals surface area contributed by atoms with Crippen molar-refractivity contribution in [3.63, 3.8) is 0 Å². The minimum absolute atomic E-state index is 0.0581. The number of ether oxygens (including phenoxy) is 1. The second kappa shape index (κ2) is 13.3. The SMILES string of the molecule is CC1=CC(C)(C)N(CCCC(=O)N(CCCC(=O)O)CCCS(=O)(=O)O)c2cc3c(cc21)C=C(c1ccncc1)C(O)O3. The molecular weight excluding hydrogens is 574 g/mol. The lowest BCUT2D eigenvalue weighted by atomic mass is 9.86. The molecule has 2 aliphatic rings. The molecule has 0 aliphatic carbocycles. The van der Waals surface area contributed by atoms with Gasteiger partial charge in [0.05, 0.1) is 11.3 Å². The second-order valence-corrected chi connectivity index (χ2v) is 13.0. The zero-order valence-electron chi connectivity index (χ0n) is 24.7. The van der Waals surface area contributed by atoms with Crippen LogP contribution >= 0.6 is 0 Å². The van der Waals surface area contributed by atoms with E-state index in [-0.39, 0.29) is 50.2 Å². The Morgan fingerprint density at radius 1 is 1.09 bits per heavy atom. The van der Waals surface area contributed by atoms with E-state index in [0.717, 1.165) is 28.0 Å². The highest BCUT2D eigenvalue weighted by Gasteiger charge is 2.33. The molecule has 0 bridgehead atoms.